The zero-order chi connectivity index (χ0) is 35.8. The van der Waals surface area contributed by atoms with Gasteiger partial charge >= 0.3 is 68.9 Å². The van der Waals surface area contributed by atoms with Gasteiger partial charge in [-0.05, 0) is 0 Å². The minimum atomic E-state index is -1.50. The molecule has 0 amide bonds. The van der Waals surface area contributed by atoms with Crippen molar-refractivity contribution in [1.82, 2.24) is 0 Å². The van der Waals surface area contributed by atoms with Gasteiger partial charge in [-0.25, -0.2) is 0 Å². The van der Waals surface area contributed by atoms with E-state index in [4.69, 9.17) is 153 Å². The van der Waals surface area contributed by atoms with Gasteiger partial charge in [0.2, 0.25) is 0 Å². The van der Waals surface area contributed by atoms with Crippen LogP contribution < -0.4 is 68.9 Å². The maximum absolute atomic E-state index is 8.36. The molecule has 0 aromatic heterocycles. The molecule has 0 aromatic rings. The van der Waals surface area contributed by atoms with Crippen molar-refractivity contribution < 1.29 is 173 Å². The molecule has 0 heterocycles. The fourth-order valence-corrected chi connectivity index (χ4v) is 0. The molecule has 0 spiro atoms. The summed E-state index contributed by atoms with van der Waals surface area (Å²) in [5.41, 5.74) is 0. The molecule has 0 aromatic carbocycles. The smallest absolute Gasteiger partial charge is 1.00 e. The Bertz CT molecular complexity index is 476. The van der Waals surface area contributed by atoms with E-state index in [9.17, 15) is 0 Å². The van der Waals surface area contributed by atoms with Crippen LogP contribution >= 0.6 is 0 Å². The molecule has 0 bridgehead atoms. The van der Waals surface area contributed by atoms with Crippen molar-refractivity contribution in [2.75, 3.05) is 0 Å². The van der Waals surface area contributed by atoms with E-state index in [0.717, 1.165) is 0 Å². The second kappa shape index (κ2) is 64.3. The van der Waals surface area contributed by atoms with Crippen LogP contribution in [-0.2, 0) is 0 Å². The molecule has 0 aliphatic rings. The Labute approximate surface area is 272 Å². The summed E-state index contributed by atoms with van der Waals surface area (Å²) in [4.78, 5) is 83.6. The van der Waals surface area contributed by atoms with Crippen LogP contribution in [0.25, 0.3) is 0 Å². The van der Waals surface area contributed by atoms with E-state index in [-0.39, 0.29) is 70.3 Å². The monoisotopic (exact) mass is 764 g/mol. The van der Waals surface area contributed by atoms with Gasteiger partial charge in [-0.1, -0.05) is 0 Å². The number of hydrogen-bond acceptors (Lipinski definition) is 20. The number of nitrogens with zero attached hydrogens (tertiary/aromatic N) is 10. The normalized spacial score (nSPS) is 5.85. The summed E-state index contributed by atoms with van der Waals surface area (Å²) in [6.07, 6.45) is 0. The zero-order valence-electron chi connectivity index (χ0n) is 19.1. The molecule has 0 saturated heterocycles. The summed E-state index contributed by atoms with van der Waals surface area (Å²) in [6, 6.07) is 0. The van der Waals surface area contributed by atoms with Crippen LogP contribution in [0.1, 0.15) is 1.43 Å². The van der Waals surface area contributed by atoms with E-state index in [2.05, 4.69) is 0 Å². The molecule has 41 heteroatoms. The summed E-state index contributed by atoms with van der Waals surface area (Å²) in [5.74, 6) is 0. The van der Waals surface area contributed by atoms with Crippen LogP contribution in [-0.4, -0.2) is 103 Å². The molecular formula is H11CsN10O30. The van der Waals surface area contributed by atoms with Crippen molar-refractivity contribution in [2.24, 2.45) is 0 Å². The Balaban J connectivity index is -0.0000000237. The first-order valence-electron chi connectivity index (χ1n) is 5.65. The molecule has 0 aliphatic carbocycles. The molecule has 10 N–H and O–H groups in total. The fourth-order valence-electron chi connectivity index (χ4n) is 0. The molecule has 0 atom stereocenters. The van der Waals surface area contributed by atoms with Crippen molar-refractivity contribution in [3.05, 3.63) is 101 Å². The molecule has 0 aliphatic heterocycles. The molecule has 0 fully saturated rings. The van der Waals surface area contributed by atoms with Gasteiger partial charge in [0.15, 0.2) is 0 Å². The topological polar surface area (TPSA) is 634 Å². The molecule has 0 saturated carbocycles. The first-order valence-corrected chi connectivity index (χ1v) is 5.65. The van der Waals surface area contributed by atoms with Crippen LogP contribution in [0.4, 0.5) is 0 Å². The average molecular weight is 764 g/mol. The zero-order valence-corrected chi connectivity index (χ0v) is 24.4. The molecule has 0 unspecified atom stereocenters. The van der Waals surface area contributed by atoms with Gasteiger partial charge in [0.05, 0.1) is 0 Å². The third kappa shape index (κ3) is 989. The predicted molar refractivity (Wildman–Crippen MR) is 88.9 cm³/mol. The summed E-state index contributed by atoms with van der Waals surface area (Å²) >= 11 is 0. The van der Waals surface area contributed by atoms with Gasteiger partial charge < -0.3 is 53.5 Å². The van der Waals surface area contributed by atoms with E-state index < -0.39 is 50.9 Å². The quantitative estimate of drug-likeness (QED) is 0.0810. The average Bonchev–Trinajstić information content (AvgIpc) is 2.47. The molecule has 41 heavy (non-hydrogen) atoms. The van der Waals surface area contributed by atoms with Crippen molar-refractivity contribution in [1.29, 1.82) is 0 Å². The van der Waals surface area contributed by atoms with Crippen molar-refractivity contribution in [3.8, 4) is 0 Å². The fraction of sp³-hybridized carbons (Fsp3) is 0. The standard InChI is InChI=1S/Cs.10HNO3.H/c;10*2-1(3)4;/h;10*(H,2,3,4);/q+1;;;;;;;;;;;-1. The third-order valence-corrected chi connectivity index (χ3v) is 0. The summed E-state index contributed by atoms with van der Waals surface area (Å²) in [6.45, 7) is 0. The van der Waals surface area contributed by atoms with Crippen molar-refractivity contribution >= 4 is 0 Å². The van der Waals surface area contributed by atoms with Gasteiger partial charge in [-0.15, -0.1) is 101 Å². The molecule has 0 rings (SSSR count). The Hall–Kier alpha value is -5.95. The second-order valence-corrected chi connectivity index (χ2v) is 2.38. The maximum Gasteiger partial charge on any atom is 1.00 e. The summed E-state index contributed by atoms with van der Waals surface area (Å²) < 4.78 is 0. The van der Waals surface area contributed by atoms with Crippen LogP contribution in [0, 0.1) is 101 Å². The van der Waals surface area contributed by atoms with Crippen LogP contribution in [0.15, 0.2) is 0 Å². The molecule has 0 radical (unpaired) electrons. The van der Waals surface area contributed by atoms with Crippen molar-refractivity contribution in [2.45, 2.75) is 0 Å². The Morgan fingerprint density at radius 1 is 0.244 bits per heavy atom. The first kappa shape index (κ1) is 70.3. The number of rotatable bonds is 0. The van der Waals surface area contributed by atoms with Crippen LogP contribution in [0.3, 0.4) is 0 Å². The Kier molecular flexibility index (Phi) is 110. The Morgan fingerprint density at radius 3 is 0.244 bits per heavy atom. The molecule has 40 nitrogen and oxygen atoms in total. The van der Waals surface area contributed by atoms with E-state index in [0.29, 0.717) is 0 Å². The first-order chi connectivity index (χ1) is 17.3. The minimum Gasteiger partial charge on any atom is -1.00 e. The van der Waals surface area contributed by atoms with E-state index in [1.165, 1.54) is 0 Å². The van der Waals surface area contributed by atoms with Gasteiger partial charge in [-0.2, -0.15) is 0 Å². The predicted octanol–water partition coefficient (Wildman–Crippen LogP) is -6.36. The van der Waals surface area contributed by atoms with Gasteiger partial charge in [-0.3, -0.25) is 0 Å². The van der Waals surface area contributed by atoms with E-state index in [1.54, 1.807) is 0 Å². The van der Waals surface area contributed by atoms with Gasteiger partial charge in [0.25, 0.3) is 50.9 Å². The van der Waals surface area contributed by atoms with Gasteiger partial charge in [0, 0.05) is 0 Å². The maximum atomic E-state index is 8.36. The summed E-state index contributed by atoms with van der Waals surface area (Å²) in [7, 11) is 0. The minimum absolute atomic E-state index is 0. The van der Waals surface area contributed by atoms with Crippen molar-refractivity contribution in [3.63, 3.8) is 0 Å². The Morgan fingerprint density at radius 2 is 0.244 bits per heavy atom. The summed E-state index contributed by atoms with van der Waals surface area (Å²) in [5, 5.41) is 136. The van der Waals surface area contributed by atoms with Crippen LogP contribution in [0.5, 0.6) is 0 Å². The third-order valence-electron chi connectivity index (χ3n) is 0. The number of hydrogen-bond donors (Lipinski definition) is 10. The van der Waals surface area contributed by atoms with E-state index in [1.807, 2.05) is 0 Å². The van der Waals surface area contributed by atoms with Crippen LogP contribution in [0.2, 0.25) is 0 Å². The van der Waals surface area contributed by atoms with E-state index >= 15 is 0 Å². The molecule has 242 valence electrons. The molecular weight excluding hydrogens is 753 g/mol. The largest absolute Gasteiger partial charge is 1.00 e. The van der Waals surface area contributed by atoms with Gasteiger partial charge in [0.1, 0.15) is 0 Å². The second-order valence-electron chi connectivity index (χ2n) is 2.38. The SMILES string of the molecule is O=[N+]([O-])O.O=[N+]([O-])O.O=[N+]([O-])O.O=[N+]([O-])O.O=[N+]([O-])O.O=[N+]([O-])O.O=[N+]([O-])O.O=[N+]([O-])O.O=[N+]([O-])O.O=[N+]([O-])O.[Cs+].[H-].